The summed E-state index contributed by atoms with van der Waals surface area (Å²) in [4.78, 5) is 7.39. The molecule has 1 aliphatic carbocycles. The summed E-state index contributed by atoms with van der Waals surface area (Å²) in [6.45, 7) is 6.74. The van der Waals surface area contributed by atoms with E-state index in [1.165, 1.54) is 34.9 Å². The van der Waals surface area contributed by atoms with Gasteiger partial charge < -0.3 is 5.32 Å². The number of benzene rings is 2. The molecule has 0 bridgehead atoms. The fraction of sp³-hybridized carbons (Fsp3) is 0.400. The van der Waals surface area contributed by atoms with Gasteiger partial charge in [0.15, 0.2) is 5.82 Å². The van der Waals surface area contributed by atoms with Gasteiger partial charge in [-0.25, -0.2) is 4.68 Å². The first-order chi connectivity index (χ1) is 15.6. The van der Waals surface area contributed by atoms with E-state index in [0.717, 1.165) is 48.1 Å². The van der Waals surface area contributed by atoms with Crippen molar-refractivity contribution in [1.29, 1.82) is 0 Å². The molecule has 32 heavy (non-hydrogen) atoms. The summed E-state index contributed by atoms with van der Waals surface area (Å²) in [7, 11) is 1.95. The van der Waals surface area contributed by atoms with Crippen LogP contribution in [-0.2, 0) is 13.5 Å². The predicted molar refractivity (Wildman–Crippen MR) is 127 cm³/mol. The van der Waals surface area contributed by atoms with Gasteiger partial charge in [-0.1, -0.05) is 19.1 Å². The number of aromatic amines is 1. The molecule has 1 aliphatic heterocycles. The molecule has 4 aromatic rings. The van der Waals surface area contributed by atoms with Crippen LogP contribution in [0.2, 0.25) is 0 Å². The Bertz CT molecular complexity index is 1300. The lowest BCUT2D eigenvalue weighted by molar-refractivity contribution is 0.210. The molecule has 7 nitrogen and oxygen atoms in total. The minimum atomic E-state index is 0.463. The summed E-state index contributed by atoms with van der Waals surface area (Å²) >= 11 is 0. The summed E-state index contributed by atoms with van der Waals surface area (Å²) in [6, 6.07) is 11.4. The third kappa shape index (κ3) is 3.19. The van der Waals surface area contributed by atoms with Crippen molar-refractivity contribution in [2.75, 3.05) is 18.4 Å². The van der Waals surface area contributed by atoms with E-state index >= 15 is 0 Å². The van der Waals surface area contributed by atoms with Gasteiger partial charge in [0.25, 0.3) is 0 Å². The van der Waals surface area contributed by atoms with Crippen molar-refractivity contribution in [3.8, 4) is 11.4 Å². The van der Waals surface area contributed by atoms with E-state index in [0.29, 0.717) is 12.0 Å². The topological polar surface area (TPSA) is 74.7 Å². The molecule has 1 atom stereocenters. The molecule has 2 aliphatic rings. The van der Waals surface area contributed by atoms with Crippen molar-refractivity contribution in [3.05, 3.63) is 53.2 Å². The number of likely N-dealkylation sites (N-methyl/N-ethyl adjacent to an activating group) is 1. The summed E-state index contributed by atoms with van der Waals surface area (Å²) in [6.07, 6.45) is 5.47. The SMILES string of the molecule is CCN1CCc2cc(-c3nc(Nc4ccc5[nH]ncc5c4C4CC4)n(C)n3)ccc2C1C. The molecular weight excluding hydrogens is 398 g/mol. The second-order valence-corrected chi connectivity index (χ2v) is 9.11. The fourth-order valence-electron chi connectivity index (χ4n) is 5.15. The van der Waals surface area contributed by atoms with Crippen molar-refractivity contribution >= 4 is 22.5 Å². The van der Waals surface area contributed by atoms with Crippen LogP contribution in [0.5, 0.6) is 0 Å². The lowest BCUT2D eigenvalue weighted by Gasteiger charge is -2.34. The number of rotatable bonds is 5. The Morgan fingerprint density at radius 1 is 1.19 bits per heavy atom. The second kappa shape index (κ2) is 7.45. The number of fused-ring (bicyclic) bond motifs is 2. The molecule has 0 amide bonds. The Balaban J connectivity index is 1.32. The average Bonchev–Trinajstić information content (AvgIpc) is 3.41. The highest BCUT2D eigenvalue weighted by molar-refractivity contribution is 5.89. The van der Waals surface area contributed by atoms with Crippen LogP contribution in [0.1, 0.15) is 55.3 Å². The summed E-state index contributed by atoms with van der Waals surface area (Å²) in [5.41, 5.74) is 7.45. The first-order valence-electron chi connectivity index (χ1n) is 11.6. The van der Waals surface area contributed by atoms with Crippen molar-refractivity contribution in [2.24, 2.45) is 7.05 Å². The van der Waals surface area contributed by atoms with Gasteiger partial charge in [0.2, 0.25) is 5.95 Å². The maximum Gasteiger partial charge on any atom is 0.225 e. The number of H-pyrrole nitrogens is 1. The van der Waals surface area contributed by atoms with Crippen LogP contribution < -0.4 is 5.32 Å². The van der Waals surface area contributed by atoms with Gasteiger partial charge in [-0.05, 0) is 73.5 Å². The number of aromatic nitrogens is 5. The monoisotopic (exact) mass is 427 g/mol. The summed E-state index contributed by atoms with van der Waals surface area (Å²) in [5, 5.41) is 16.8. The van der Waals surface area contributed by atoms with E-state index in [9.17, 15) is 0 Å². The molecule has 2 N–H and O–H groups in total. The molecule has 0 saturated heterocycles. The summed E-state index contributed by atoms with van der Waals surface area (Å²) in [5.74, 6) is 2.12. The Kier molecular flexibility index (Phi) is 4.54. The number of anilines is 2. The van der Waals surface area contributed by atoms with Gasteiger partial charge in [0.05, 0.1) is 11.7 Å². The van der Waals surface area contributed by atoms with Crippen molar-refractivity contribution in [3.63, 3.8) is 0 Å². The smallest absolute Gasteiger partial charge is 0.225 e. The normalized spacial score (nSPS) is 18.8. The van der Waals surface area contributed by atoms with Crippen LogP contribution in [0.25, 0.3) is 22.3 Å². The second-order valence-electron chi connectivity index (χ2n) is 9.11. The minimum absolute atomic E-state index is 0.463. The number of hydrogen-bond donors (Lipinski definition) is 2. The minimum Gasteiger partial charge on any atom is -0.324 e. The molecule has 164 valence electrons. The van der Waals surface area contributed by atoms with E-state index in [4.69, 9.17) is 10.1 Å². The van der Waals surface area contributed by atoms with Gasteiger partial charge in [0, 0.05) is 36.3 Å². The van der Waals surface area contributed by atoms with Crippen molar-refractivity contribution in [2.45, 2.75) is 45.1 Å². The first-order valence-corrected chi connectivity index (χ1v) is 11.6. The number of aryl methyl sites for hydroxylation is 1. The number of nitrogens with one attached hydrogen (secondary N) is 2. The number of nitrogens with zero attached hydrogens (tertiary/aromatic N) is 5. The van der Waals surface area contributed by atoms with Gasteiger partial charge in [-0.15, -0.1) is 5.10 Å². The van der Waals surface area contributed by atoms with Gasteiger partial charge >= 0.3 is 0 Å². The lowest BCUT2D eigenvalue weighted by atomic mass is 9.92. The highest BCUT2D eigenvalue weighted by Gasteiger charge is 2.29. The number of hydrogen-bond acceptors (Lipinski definition) is 5. The molecule has 0 radical (unpaired) electrons. The highest BCUT2D eigenvalue weighted by Crippen LogP contribution is 2.47. The zero-order valence-electron chi connectivity index (χ0n) is 18.9. The first kappa shape index (κ1) is 19.5. The van der Waals surface area contributed by atoms with Crippen LogP contribution in [0.4, 0.5) is 11.6 Å². The molecule has 1 saturated carbocycles. The van der Waals surface area contributed by atoms with E-state index in [1.807, 2.05) is 17.9 Å². The Morgan fingerprint density at radius 2 is 2.06 bits per heavy atom. The molecule has 3 heterocycles. The maximum absolute atomic E-state index is 4.87. The van der Waals surface area contributed by atoms with Crippen LogP contribution in [-0.4, -0.2) is 43.0 Å². The van der Waals surface area contributed by atoms with Gasteiger partial charge in [-0.3, -0.25) is 10.00 Å². The summed E-state index contributed by atoms with van der Waals surface area (Å²) < 4.78 is 1.84. The highest BCUT2D eigenvalue weighted by atomic mass is 15.4. The Morgan fingerprint density at radius 3 is 2.88 bits per heavy atom. The third-order valence-electron chi connectivity index (χ3n) is 7.13. The fourth-order valence-corrected chi connectivity index (χ4v) is 5.15. The zero-order valence-corrected chi connectivity index (χ0v) is 18.9. The molecular formula is C25H29N7. The predicted octanol–water partition coefficient (Wildman–Crippen LogP) is 4.92. The van der Waals surface area contributed by atoms with Gasteiger partial charge in [0.1, 0.15) is 0 Å². The lowest BCUT2D eigenvalue weighted by Crippen LogP contribution is -2.33. The molecule has 7 heteroatoms. The van der Waals surface area contributed by atoms with Crippen LogP contribution in [0.3, 0.4) is 0 Å². The van der Waals surface area contributed by atoms with Gasteiger partial charge in [-0.2, -0.15) is 10.1 Å². The standard InChI is InChI=1S/C25H29N7/c1-4-32-12-11-17-13-18(7-8-19(17)15(32)2)24-28-25(31(3)30-24)27-22-10-9-21-20(14-26-29-21)23(22)16-5-6-16/h7-10,13-16H,4-6,11-12H2,1-3H3,(H,26,29)(H,27,28,30). The maximum atomic E-state index is 4.87. The van der Waals surface area contributed by atoms with Crippen molar-refractivity contribution in [1.82, 2.24) is 29.9 Å². The molecule has 6 rings (SSSR count). The van der Waals surface area contributed by atoms with E-state index < -0.39 is 0 Å². The van der Waals surface area contributed by atoms with E-state index in [-0.39, 0.29) is 0 Å². The Labute approximate surface area is 187 Å². The van der Waals surface area contributed by atoms with E-state index in [1.54, 1.807) is 0 Å². The molecule has 1 fully saturated rings. The molecule has 0 spiro atoms. The molecule has 2 aromatic carbocycles. The van der Waals surface area contributed by atoms with Crippen molar-refractivity contribution < 1.29 is 0 Å². The average molecular weight is 428 g/mol. The zero-order chi connectivity index (χ0) is 21.8. The Hall–Kier alpha value is -3.19. The van der Waals surface area contributed by atoms with Crippen LogP contribution >= 0.6 is 0 Å². The largest absolute Gasteiger partial charge is 0.324 e. The van der Waals surface area contributed by atoms with Crippen LogP contribution in [0, 0.1) is 0 Å². The van der Waals surface area contributed by atoms with Crippen LogP contribution in [0.15, 0.2) is 36.5 Å². The third-order valence-corrected chi connectivity index (χ3v) is 7.13. The molecule has 2 aromatic heterocycles. The van der Waals surface area contributed by atoms with E-state index in [2.05, 4.69) is 64.6 Å². The quantitative estimate of drug-likeness (QED) is 0.473. The molecule has 1 unspecified atom stereocenters.